The van der Waals surface area contributed by atoms with E-state index < -0.39 is 0 Å². The number of benzene rings is 1. The molecule has 0 spiro atoms. The van der Waals surface area contributed by atoms with Gasteiger partial charge in [-0.3, -0.25) is 9.88 Å². The van der Waals surface area contributed by atoms with Gasteiger partial charge in [-0.25, -0.2) is 4.79 Å². The number of ether oxygens (including phenoxy) is 1. The Labute approximate surface area is 191 Å². The molecule has 1 atom stereocenters. The molecule has 1 aromatic carbocycles. The van der Waals surface area contributed by atoms with Gasteiger partial charge in [-0.2, -0.15) is 0 Å². The van der Waals surface area contributed by atoms with Crippen molar-refractivity contribution in [2.75, 3.05) is 38.2 Å². The molecule has 0 radical (unpaired) electrons. The van der Waals surface area contributed by atoms with Gasteiger partial charge in [-0.1, -0.05) is 24.3 Å². The molecule has 1 saturated carbocycles. The molecule has 6 heteroatoms. The highest BCUT2D eigenvalue weighted by Crippen LogP contribution is 2.55. The Bertz CT molecular complexity index is 882. The summed E-state index contributed by atoms with van der Waals surface area (Å²) in [7, 11) is 0. The number of hydrogen-bond donors (Lipinski definition) is 2. The van der Waals surface area contributed by atoms with Crippen molar-refractivity contribution in [2.24, 2.45) is 5.41 Å². The maximum atomic E-state index is 12.3. The number of carbonyl (C=O) groups is 1. The molecule has 2 fully saturated rings. The third-order valence-corrected chi connectivity index (χ3v) is 7.17. The van der Waals surface area contributed by atoms with Crippen LogP contribution in [0.25, 0.3) is 0 Å². The zero-order valence-corrected chi connectivity index (χ0v) is 19.4. The number of nitrogens with one attached hydrogen (secondary N) is 2. The van der Waals surface area contributed by atoms with Crippen molar-refractivity contribution in [3.63, 3.8) is 0 Å². The van der Waals surface area contributed by atoms with E-state index in [9.17, 15) is 4.79 Å². The number of anilines is 1. The highest BCUT2D eigenvalue weighted by atomic mass is 16.5. The van der Waals surface area contributed by atoms with Crippen LogP contribution < -0.4 is 10.6 Å². The molecule has 2 amide bonds. The number of aryl methyl sites for hydroxylation is 1. The minimum atomic E-state index is -0.143. The largest absolute Gasteiger partial charge is 0.382 e. The minimum Gasteiger partial charge on any atom is -0.382 e. The van der Waals surface area contributed by atoms with Crippen molar-refractivity contribution in [3.05, 3.63) is 59.9 Å². The third kappa shape index (κ3) is 5.30. The van der Waals surface area contributed by atoms with Gasteiger partial charge in [-0.15, -0.1) is 0 Å². The maximum absolute atomic E-state index is 12.3. The molecule has 4 rings (SSSR count). The highest BCUT2D eigenvalue weighted by molar-refractivity contribution is 5.89. The first kappa shape index (κ1) is 22.7. The van der Waals surface area contributed by atoms with E-state index >= 15 is 0 Å². The van der Waals surface area contributed by atoms with Crippen LogP contribution in [0.2, 0.25) is 0 Å². The predicted molar refractivity (Wildman–Crippen MR) is 128 cm³/mol. The van der Waals surface area contributed by atoms with Crippen LogP contribution in [-0.2, 0) is 10.3 Å². The normalized spacial score (nSPS) is 21.9. The van der Waals surface area contributed by atoms with Crippen molar-refractivity contribution >= 4 is 11.7 Å². The van der Waals surface area contributed by atoms with Gasteiger partial charge in [0.15, 0.2) is 0 Å². The number of rotatable bonds is 10. The van der Waals surface area contributed by atoms with Crippen LogP contribution >= 0.6 is 0 Å². The zero-order chi connectivity index (χ0) is 22.4. The number of amides is 2. The number of likely N-dealkylation sites (tertiary alicyclic amines) is 1. The van der Waals surface area contributed by atoms with Crippen LogP contribution in [-0.4, -0.2) is 48.8 Å². The molecule has 0 unspecified atom stereocenters. The zero-order valence-electron chi connectivity index (χ0n) is 19.4. The minimum absolute atomic E-state index is 0.143. The lowest BCUT2D eigenvalue weighted by Crippen LogP contribution is -2.38. The van der Waals surface area contributed by atoms with Crippen molar-refractivity contribution in [3.8, 4) is 0 Å². The first-order valence-electron chi connectivity index (χ1n) is 11.9. The average Bonchev–Trinajstić information content (AvgIpc) is 3.50. The Hall–Kier alpha value is -2.44. The Kier molecular flexibility index (Phi) is 7.11. The molecule has 32 heavy (non-hydrogen) atoms. The summed E-state index contributed by atoms with van der Waals surface area (Å²) in [6.45, 7) is 8.42. The molecule has 1 aliphatic carbocycles. The molecular weight excluding hydrogens is 400 g/mol. The van der Waals surface area contributed by atoms with Gasteiger partial charge >= 0.3 is 6.03 Å². The van der Waals surface area contributed by atoms with Gasteiger partial charge in [0.25, 0.3) is 0 Å². The van der Waals surface area contributed by atoms with E-state index in [1.807, 2.05) is 44.2 Å². The maximum Gasteiger partial charge on any atom is 0.319 e. The smallest absolute Gasteiger partial charge is 0.319 e. The first-order valence-corrected chi connectivity index (χ1v) is 11.9. The van der Waals surface area contributed by atoms with Crippen LogP contribution in [0, 0.1) is 12.3 Å². The van der Waals surface area contributed by atoms with E-state index in [2.05, 4.69) is 38.8 Å². The lowest BCUT2D eigenvalue weighted by Gasteiger charge is -2.33. The molecule has 2 aromatic rings. The molecule has 2 heterocycles. The number of pyridine rings is 1. The summed E-state index contributed by atoms with van der Waals surface area (Å²) >= 11 is 0. The van der Waals surface area contributed by atoms with E-state index in [0.717, 1.165) is 56.9 Å². The molecule has 2 aliphatic rings. The SMILES string of the molecule is CCOCC[C@]1(CCNC(=O)Nc2ccccc2)CCN(C2(c3ccc(C)nc3)CC2)C1. The molecule has 172 valence electrons. The van der Waals surface area contributed by atoms with Crippen LogP contribution in [0.5, 0.6) is 0 Å². The topological polar surface area (TPSA) is 66.5 Å². The van der Waals surface area contributed by atoms with Gasteiger partial charge in [0.1, 0.15) is 0 Å². The predicted octanol–water partition coefficient (Wildman–Crippen LogP) is 4.71. The third-order valence-electron chi connectivity index (χ3n) is 7.17. The number of nitrogens with zero attached hydrogens (tertiary/aromatic N) is 2. The second kappa shape index (κ2) is 10.0. The fourth-order valence-electron chi connectivity index (χ4n) is 5.05. The molecule has 6 nitrogen and oxygen atoms in total. The first-order chi connectivity index (χ1) is 15.6. The Morgan fingerprint density at radius 1 is 1.12 bits per heavy atom. The monoisotopic (exact) mass is 436 g/mol. The van der Waals surface area contributed by atoms with E-state index in [1.54, 1.807) is 0 Å². The molecular formula is C26H36N4O2. The van der Waals surface area contributed by atoms with Crippen LogP contribution in [0.4, 0.5) is 10.5 Å². The Morgan fingerprint density at radius 3 is 2.62 bits per heavy atom. The van der Waals surface area contributed by atoms with Crippen molar-refractivity contribution in [2.45, 2.75) is 51.5 Å². The summed E-state index contributed by atoms with van der Waals surface area (Å²) in [5.74, 6) is 0. The van der Waals surface area contributed by atoms with Gasteiger partial charge < -0.3 is 15.4 Å². The summed E-state index contributed by atoms with van der Waals surface area (Å²) in [5, 5.41) is 5.97. The van der Waals surface area contributed by atoms with Gasteiger partial charge in [0.05, 0.1) is 0 Å². The molecule has 0 bridgehead atoms. The lowest BCUT2D eigenvalue weighted by molar-refractivity contribution is 0.0935. The summed E-state index contributed by atoms with van der Waals surface area (Å²) in [4.78, 5) is 19.6. The van der Waals surface area contributed by atoms with Crippen molar-refractivity contribution in [1.82, 2.24) is 15.2 Å². The molecule has 1 aliphatic heterocycles. The Morgan fingerprint density at radius 2 is 1.94 bits per heavy atom. The van der Waals surface area contributed by atoms with E-state index in [-0.39, 0.29) is 17.0 Å². The average molecular weight is 437 g/mol. The van der Waals surface area contributed by atoms with E-state index in [1.165, 1.54) is 18.4 Å². The van der Waals surface area contributed by atoms with Gasteiger partial charge in [0.2, 0.25) is 0 Å². The van der Waals surface area contributed by atoms with Crippen molar-refractivity contribution in [1.29, 1.82) is 0 Å². The summed E-state index contributed by atoms with van der Waals surface area (Å²) in [5.41, 5.74) is 3.56. The number of carbonyl (C=O) groups excluding carboxylic acids is 1. The molecule has 1 aromatic heterocycles. The fraction of sp³-hybridized carbons (Fsp3) is 0.538. The Balaban J connectivity index is 1.36. The summed E-state index contributed by atoms with van der Waals surface area (Å²) in [6.07, 6.45) is 7.61. The molecule has 2 N–H and O–H groups in total. The van der Waals surface area contributed by atoms with E-state index in [4.69, 9.17) is 4.74 Å². The van der Waals surface area contributed by atoms with Crippen molar-refractivity contribution < 1.29 is 9.53 Å². The van der Waals surface area contributed by atoms with E-state index in [0.29, 0.717) is 6.54 Å². The lowest BCUT2D eigenvalue weighted by atomic mass is 9.80. The molecule has 1 saturated heterocycles. The van der Waals surface area contributed by atoms with Crippen LogP contribution in [0.3, 0.4) is 0 Å². The van der Waals surface area contributed by atoms with Crippen LogP contribution in [0.1, 0.15) is 50.3 Å². The quantitative estimate of drug-likeness (QED) is 0.530. The highest BCUT2D eigenvalue weighted by Gasteiger charge is 2.54. The number of urea groups is 1. The number of para-hydroxylation sites is 1. The number of aromatic nitrogens is 1. The van der Waals surface area contributed by atoms with Gasteiger partial charge in [-0.05, 0) is 81.7 Å². The number of hydrogen-bond acceptors (Lipinski definition) is 4. The summed E-state index contributed by atoms with van der Waals surface area (Å²) in [6, 6.07) is 13.8. The second-order valence-corrected chi connectivity index (χ2v) is 9.34. The second-order valence-electron chi connectivity index (χ2n) is 9.34. The van der Waals surface area contributed by atoms with Crippen LogP contribution in [0.15, 0.2) is 48.7 Å². The summed E-state index contributed by atoms with van der Waals surface area (Å²) < 4.78 is 5.73. The standard InChI is InChI=1S/C26H36N4O2/c1-3-32-18-15-25(13-16-27-24(31)29-23-7-5-4-6-8-23)14-17-30(20-25)26(11-12-26)22-10-9-21(2)28-19-22/h4-10,19H,3,11-18,20H2,1-2H3,(H2,27,29,31)/t25-/m0/s1. The van der Waals surface area contributed by atoms with Gasteiger partial charge in [0, 0.05) is 49.4 Å². The fourth-order valence-corrected chi connectivity index (χ4v) is 5.05.